The first-order chi connectivity index (χ1) is 10.3. The zero-order valence-corrected chi connectivity index (χ0v) is 12.8. The van der Waals surface area contributed by atoms with Crippen molar-refractivity contribution in [3.63, 3.8) is 0 Å². The largest absolute Gasteiger partial charge is 0.457 e. The Balaban J connectivity index is 1.54. The monoisotopic (exact) mass is 305 g/mol. The fraction of sp³-hybridized carbons (Fsp3) is 0.467. The highest BCUT2D eigenvalue weighted by atomic mass is 32.1. The minimum atomic E-state index is -0.254. The van der Waals surface area contributed by atoms with Crippen molar-refractivity contribution in [2.24, 2.45) is 0 Å². The van der Waals surface area contributed by atoms with Gasteiger partial charge in [-0.1, -0.05) is 25.5 Å². The number of rotatable bonds is 5. The van der Waals surface area contributed by atoms with Crippen LogP contribution in [0.2, 0.25) is 0 Å². The van der Waals surface area contributed by atoms with E-state index in [1.165, 1.54) is 0 Å². The number of aromatic nitrogens is 1. The molecular weight excluding hydrogens is 286 g/mol. The first kappa shape index (κ1) is 14.4. The Morgan fingerprint density at radius 3 is 3.10 bits per heavy atom. The molecule has 112 valence electrons. The van der Waals surface area contributed by atoms with Gasteiger partial charge in [-0.05, 0) is 25.0 Å². The number of ether oxygens (including phenoxy) is 1. The summed E-state index contributed by atoms with van der Waals surface area (Å²) in [5.74, 6) is -0.208. The van der Waals surface area contributed by atoms with Crippen molar-refractivity contribution < 1.29 is 9.53 Å². The second-order valence-corrected chi connectivity index (χ2v) is 6.36. The second kappa shape index (κ2) is 6.51. The maximum atomic E-state index is 12.0. The average molecular weight is 305 g/mol. The second-order valence-electron chi connectivity index (χ2n) is 5.25. The summed E-state index contributed by atoms with van der Waals surface area (Å²) in [7, 11) is 0. The molecule has 0 saturated carbocycles. The van der Waals surface area contributed by atoms with Crippen molar-refractivity contribution >= 4 is 27.5 Å². The summed E-state index contributed by atoms with van der Waals surface area (Å²) in [4.78, 5) is 16.5. The molecule has 2 N–H and O–H groups in total. The number of hydrogen-bond donors (Lipinski definition) is 2. The number of esters is 1. The summed E-state index contributed by atoms with van der Waals surface area (Å²) >= 11 is 1.57. The summed E-state index contributed by atoms with van der Waals surface area (Å²) in [6, 6.07) is 8.04. The van der Waals surface area contributed by atoms with Gasteiger partial charge in [0.2, 0.25) is 0 Å². The number of carbonyl (C=O) groups is 1. The molecule has 3 rings (SSSR count). The highest BCUT2D eigenvalue weighted by molar-refractivity contribution is 7.18. The Bertz CT molecular complexity index is 595. The number of thiazole rings is 1. The van der Waals surface area contributed by atoms with Crippen LogP contribution in [0.3, 0.4) is 0 Å². The Hall–Kier alpha value is -1.50. The molecule has 1 aliphatic heterocycles. The maximum Gasteiger partial charge on any atom is 0.324 e. The topological polar surface area (TPSA) is 63.2 Å². The van der Waals surface area contributed by atoms with Gasteiger partial charge in [0.05, 0.1) is 10.2 Å². The van der Waals surface area contributed by atoms with Crippen LogP contribution >= 0.6 is 11.3 Å². The van der Waals surface area contributed by atoms with Crippen LogP contribution in [0.15, 0.2) is 24.3 Å². The molecule has 2 atom stereocenters. The molecule has 0 bridgehead atoms. The first-order valence-corrected chi connectivity index (χ1v) is 8.10. The Morgan fingerprint density at radius 2 is 2.29 bits per heavy atom. The Kier molecular flexibility index (Phi) is 4.48. The van der Waals surface area contributed by atoms with Crippen molar-refractivity contribution in [3.8, 4) is 0 Å². The molecule has 1 fully saturated rings. The molecule has 5 nitrogen and oxygen atoms in total. The number of hydrogen-bond acceptors (Lipinski definition) is 6. The lowest BCUT2D eigenvalue weighted by atomic mass is 10.1. The number of nitrogens with one attached hydrogen (secondary N) is 2. The summed E-state index contributed by atoms with van der Waals surface area (Å²) in [5, 5.41) is 0.834. The van der Waals surface area contributed by atoms with E-state index in [4.69, 9.17) is 4.74 Å². The molecule has 1 aliphatic rings. The zero-order valence-electron chi connectivity index (χ0n) is 12.0. The number of para-hydroxylation sites is 1. The van der Waals surface area contributed by atoms with Gasteiger partial charge in [0, 0.05) is 6.04 Å². The SMILES string of the molecule is CCCC1CC(C(=O)OCc2nc3ccccc3s2)NN1. The maximum absolute atomic E-state index is 12.0. The fourth-order valence-corrected chi connectivity index (χ4v) is 3.41. The van der Waals surface area contributed by atoms with E-state index in [1.54, 1.807) is 11.3 Å². The van der Waals surface area contributed by atoms with Gasteiger partial charge in [-0.2, -0.15) is 0 Å². The van der Waals surface area contributed by atoms with Gasteiger partial charge < -0.3 is 4.74 Å². The molecule has 0 aliphatic carbocycles. The van der Waals surface area contributed by atoms with E-state index in [9.17, 15) is 4.79 Å². The smallest absolute Gasteiger partial charge is 0.324 e. The molecule has 0 amide bonds. The minimum Gasteiger partial charge on any atom is -0.457 e. The van der Waals surface area contributed by atoms with Crippen molar-refractivity contribution in [3.05, 3.63) is 29.3 Å². The van der Waals surface area contributed by atoms with Gasteiger partial charge in [0.1, 0.15) is 17.7 Å². The van der Waals surface area contributed by atoms with E-state index in [2.05, 4.69) is 22.8 Å². The van der Waals surface area contributed by atoms with Crippen LogP contribution in [0, 0.1) is 0 Å². The first-order valence-electron chi connectivity index (χ1n) is 7.28. The molecule has 1 aromatic carbocycles. The van der Waals surface area contributed by atoms with E-state index < -0.39 is 0 Å². The minimum absolute atomic E-state index is 0.208. The van der Waals surface area contributed by atoms with Crippen LogP contribution in [0.5, 0.6) is 0 Å². The van der Waals surface area contributed by atoms with Gasteiger partial charge in [0.15, 0.2) is 0 Å². The lowest BCUT2D eigenvalue weighted by Crippen LogP contribution is -2.38. The molecule has 1 aromatic heterocycles. The van der Waals surface area contributed by atoms with Crippen molar-refractivity contribution in [2.75, 3.05) is 0 Å². The number of fused-ring (bicyclic) bond motifs is 1. The summed E-state index contributed by atoms with van der Waals surface area (Å²) < 4.78 is 6.49. The van der Waals surface area contributed by atoms with E-state index in [-0.39, 0.29) is 18.6 Å². The highest BCUT2D eigenvalue weighted by Crippen LogP contribution is 2.22. The number of nitrogens with zero attached hydrogens (tertiary/aromatic N) is 1. The van der Waals surface area contributed by atoms with Gasteiger partial charge in [-0.3, -0.25) is 10.2 Å². The van der Waals surface area contributed by atoms with E-state index in [1.807, 2.05) is 24.3 Å². The fourth-order valence-electron chi connectivity index (χ4n) is 2.53. The lowest BCUT2D eigenvalue weighted by molar-refractivity contribution is -0.147. The third-order valence-corrected chi connectivity index (χ3v) is 4.59. The third kappa shape index (κ3) is 3.40. The van der Waals surface area contributed by atoms with Gasteiger partial charge in [0.25, 0.3) is 0 Å². The molecular formula is C15H19N3O2S. The predicted molar refractivity (Wildman–Crippen MR) is 82.8 cm³/mol. The third-order valence-electron chi connectivity index (χ3n) is 3.58. The summed E-state index contributed by atoms with van der Waals surface area (Å²) in [6.45, 7) is 2.38. The molecule has 2 unspecified atom stereocenters. The number of carbonyl (C=O) groups excluding carboxylic acids is 1. The van der Waals surface area contributed by atoms with Crippen LogP contribution in [0.1, 0.15) is 31.2 Å². The number of benzene rings is 1. The molecule has 2 aromatic rings. The standard InChI is InChI=1S/C15H19N3O2S/c1-2-5-10-8-12(18-17-10)15(19)20-9-14-16-11-6-3-4-7-13(11)21-14/h3-4,6-7,10,12,17-18H,2,5,8-9H2,1H3. The molecule has 0 spiro atoms. The summed E-state index contributed by atoms with van der Waals surface area (Å²) in [6.07, 6.45) is 2.95. The van der Waals surface area contributed by atoms with Gasteiger partial charge in [-0.25, -0.2) is 10.4 Å². The van der Waals surface area contributed by atoms with Crippen molar-refractivity contribution in [2.45, 2.75) is 44.9 Å². The average Bonchev–Trinajstić information content (AvgIpc) is 3.11. The van der Waals surface area contributed by atoms with Gasteiger partial charge in [-0.15, -0.1) is 11.3 Å². The number of hydrazine groups is 1. The molecule has 1 saturated heterocycles. The van der Waals surface area contributed by atoms with Crippen LogP contribution < -0.4 is 10.9 Å². The van der Waals surface area contributed by atoms with E-state index >= 15 is 0 Å². The molecule has 0 radical (unpaired) electrons. The quantitative estimate of drug-likeness (QED) is 0.830. The van der Waals surface area contributed by atoms with E-state index in [0.29, 0.717) is 6.04 Å². The lowest BCUT2D eigenvalue weighted by Gasteiger charge is -2.08. The van der Waals surface area contributed by atoms with Crippen molar-refractivity contribution in [1.29, 1.82) is 0 Å². The summed E-state index contributed by atoms with van der Waals surface area (Å²) in [5.41, 5.74) is 7.11. The molecule has 21 heavy (non-hydrogen) atoms. The van der Waals surface area contributed by atoms with Crippen LogP contribution in [0.4, 0.5) is 0 Å². The normalized spacial score (nSPS) is 21.8. The van der Waals surface area contributed by atoms with Crippen LogP contribution in [-0.2, 0) is 16.1 Å². The molecule has 6 heteroatoms. The van der Waals surface area contributed by atoms with Crippen molar-refractivity contribution in [1.82, 2.24) is 15.8 Å². The Morgan fingerprint density at radius 1 is 1.43 bits per heavy atom. The molecule has 2 heterocycles. The van der Waals surface area contributed by atoms with Crippen LogP contribution in [0.25, 0.3) is 10.2 Å². The zero-order chi connectivity index (χ0) is 14.7. The van der Waals surface area contributed by atoms with E-state index in [0.717, 1.165) is 34.5 Å². The Labute approximate surface area is 127 Å². The van der Waals surface area contributed by atoms with Gasteiger partial charge >= 0.3 is 5.97 Å². The highest BCUT2D eigenvalue weighted by Gasteiger charge is 2.29. The van der Waals surface area contributed by atoms with Crippen LogP contribution in [-0.4, -0.2) is 23.0 Å². The predicted octanol–water partition coefficient (Wildman–Crippen LogP) is 2.37.